The summed E-state index contributed by atoms with van der Waals surface area (Å²) in [5, 5.41) is 13.5. The fraction of sp³-hybridized carbons (Fsp3) is 0.263. The second-order valence-electron chi connectivity index (χ2n) is 5.83. The Labute approximate surface area is 151 Å². The molecule has 1 unspecified atom stereocenters. The van der Waals surface area contributed by atoms with Gasteiger partial charge in [0.2, 0.25) is 5.91 Å². The minimum Gasteiger partial charge on any atom is -0.327 e. The fourth-order valence-electron chi connectivity index (χ4n) is 2.51. The molecule has 0 fully saturated rings. The van der Waals surface area contributed by atoms with Gasteiger partial charge < -0.3 is 10.2 Å². The van der Waals surface area contributed by atoms with E-state index in [1.165, 1.54) is 29.2 Å². The highest BCUT2D eigenvalue weighted by Gasteiger charge is 2.26. The standard InChI is InChI=1S/C19H21N3O4/c1-3-13-21(14(2)18(23)20-16-7-5-4-6-8-16)19(24)15-9-11-17(12-10-15)22(25)26/h4-12,14H,3,13H2,1-2H3,(H,20,23). The van der Waals surface area contributed by atoms with Crippen molar-refractivity contribution in [1.29, 1.82) is 0 Å². The van der Waals surface area contributed by atoms with E-state index in [0.717, 1.165) is 0 Å². The molecule has 1 atom stereocenters. The topological polar surface area (TPSA) is 92.6 Å². The van der Waals surface area contributed by atoms with Crippen molar-refractivity contribution < 1.29 is 14.5 Å². The van der Waals surface area contributed by atoms with E-state index in [4.69, 9.17) is 0 Å². The van der Waals surface area contributed by atoms with Gasteiger partial charge >= 0.3 is 0 Å². The smallest absolute Gasteiger partial charge is 0.269 e. The zero-order chi connectivity index (χ0) is 19.1. The zero-order valence-corrected chi connectivity index (χ0v) is 14.7. The van der Waals surface area contributed by atoms with Crippen LogP contribution in [0.3, 0.4) is 0 Å². The summed E-state index contributed by atoms with van der Waals surface area (Å²) < 4.78 is 0. The molecule has 0 radical (unpaired) electrons. The molecule has 2 amide bonds. The van der Waals surface area contributed by atoms with Crippen LogP contribution in [0.5, 0.6) is 0 Å². The number of nitro benzene ring substituents is 1. The molecule has 0 aromatic heterocycles. The lowest BCUT2D eigenvalue weighted by atomic mass is 10.1. The van der Waals surface area contributed by atoms with Crippen LogP contribution in [0.15, 0.2) is 54.6 Å². The van der Waals surface area contributed by atoms with Gasteiger partial charge in [0, 0.05) is 29.9 Å². The van der Waals surface area contributed by atoms with Crippen molar-refractivity contribution in [3.63, 3.8) is 0 Å². The molecule has 0 aliphatic rings. The number of carbonyl (C=O) groups excluding carboxylic acids is 2. The van der Waals surface area contributed by atoms with Crippen LogP contribution < -0.4 is 5.32 Å². The Balaban J connectivity index is 2.16. The number of nitrogens with one attached hydrogen (secondary N) is 1. The maximum Gasteiger partial charge on any atom is 0.269 e. The first-order chi connectivity index (χ1) is 12.4. The summed E-state index contributed by atoms with van der Waals surface area (Å²) >= 11 is 0. The fourth-order valence-corrected chi connectivity index (χ4v) is 2.51. The Kier molecular flexibility index (Phi) is 6.43. The number of hydrogen-bond donors (Lipinski definition) is 1. The number of hydrogen-bond acceptors (Lipinski definition) is 4. The second-order valence-corrected chi connectivity index (χ2v) is 5.83. The average Bonchev–Trinajstić information content (AvgIpc) is 2.66. The molecule has 0 spiro atoms. The molecule has 0 saturated heterocycles. The molecule has 0 bridgehead atoms. The summed E-state index contributed by atoms with van der Waals surface area (Å²) in [5.74, 6) is -0.627. The summed E-state index contributed by atoms with van der Waals surface area (Å²) in [4.78, 5) is 37.0. The normalized spacial score (nSPS) is 11.5. The number of benzene rings is 2. The van der Waals surface area contributed by atoms with E-state index >= 15 is 0 Å². The van der Waals surface area contributed by atoms with Gasteiger partial charge in [0.05, 0.1) is 4.92 Å². The number of amides is 2. The Morgan fingerprint density at radius 1 is 1.12 bits per heavy atom. The monoisotopic (exact) mass is 355 g/mol. The molecule has 1 N–H and O–H groups in total. The van der Waals surface area contributed by atoms with Gasteiger partial charge in [-0.2, -0.15) is 0 Å². The van der Waals surface area contributed by atoms with Crippen molar-refractivity contribution in [2.45, 2.75) is 26.3 Å². The van der Waals surface area contributed by atoms with Gasteiger partial charge in [-0.1, -0.05) is 25.1 Å². The number of nitrogens with zero attached hydrogens (tertiary/aromatic N) is 2. The third kappa shape index (κ3) is 4.66. The first-order valence-corrected chi connectivity index (χ1v) is 8.35. The van der Waals surface area contributed by atoms with Crippen molar-refractivity contribution in [1.82, 2.24) is 4.90 Å². The van der Waals surface area contributed by atoms with Crippen molar-refractivity contribution in [2.75, 3.05) is 11.9 Å². The van der Waals surface area contributed by atoms with Crippen LogP contribution in [0.2, 0.25) is 0 Å². The lowest BCUT2D eigenvalue weighted by Crippen LogP contribution is -2.46. The first kappa shape index (κ1) is 19.1. The van der Waals surface area contributed by atoms with E-state index in [0.29, 0.717) is 24.2 Å². The van der Waals surface area contributed by atoms with Crippen molar-refractivity contribution in [3.8, 4) is 0 Å². The number of rotatable bonds is 7. The number of para-hydroxylation sites is 1. The molecule has 0 aliphatic carbocycles. The average molecular weight is 355 g/mol. The summed E-state index contributed by atoms with van der Waals surface area (Å²) in [6.45, 7) is 3.98. The number of non-ortho nitro benzene ring substituents is 1. The molecular formula is C19H21N3O4. The minimum atomic E-state index is -0.683. The van der Waals surface area contributed by atoms with Gasteiger partial charge in [-0.15, -0.1) is 0 Å². The lowest BCUT2D eigenvalue weighted by Gasteiger charge is -2.28. The lowest BCUT2D eigenvalue weighted by molar-refractivity contribution is -0.384. The van der Waals surface area contributed by atoms with Gasteiger partial charge in [0.1, 0.15) is 6.04 Å². The molecule has 2 rings (SSSR count). The summed E-state index contributed by atoms with van der Waals surface area (Å²) in [5.41, 5.74) is 0.880. The minimum absolute atomic E-state index is 0.0848. The number of anilines is 1. The molecule has 2 aromatic rings. The molecule has 0 heterocycles. The third-order valence-electron chi connectivity index (χ3n) is 3.94. The largest absolute Gasteiger partial charge is 0.327 e. The van der Waals surface area contributed by atoms with E-state index < -0.39 is 11.0 Å². The van der Waals surface area contributed by atoms with Crippen LogP contribution >= 0.6 is 0 Å². The number of carbonyl (C=O) groups is 2. The molecule has 136 valence electrons. The Morgan fingerprint density at radius 2 is 1.73 bits per heavy atom. The Hall–Kier alpha value is -3.22. The molecule has 0 saturated carbocycles. The SMILES string of the molecule is CCCN(C(=O)c1ccc([N+](=O)[O-])cc1)C(C)C(=O)Nc1ccccc1. The third-order valence-corrected chi connectivity index (χ3v) is 3.94. The summed E-state index contributed by atoms with van der Waals surface area (Å²) in [7, 11) is 0. The van der Waals surface area contributed by atoms with Crippen molar-refractivity contribution in [3.05, 3.63) is 70.3 Å². The zero-order valence-electron chi connectivity index (χ0n) is 14.7. The van der Waals surface area contributed by atoms with Crippen LogP contribution in [0.4, 0.5) is 11.4 Å². The molecule has 0 aliphatic heterocycles. The Bertz CT molecular complexity index is 775. The van der Waals surface area contributed by atoms with E-state index in [-0.39, 0.29) is 17.5 Å². The van der Waals surface area contributed by atoms with E-state index in [1.807, 2.05) is 25.1 Å². The van der Waals surface area contributed by atoms with E-state index in [2.05, 4.69) is 5.32 Å². The van der Waals surface area contributed by atoms with Gasteiger partial charge in [0.25, 0.3) is 11.6 Å². The van der Waals surface area contributed by atoms with Gasteiger partial charge in [-0.3, -0.25) is 19.7 Å². The number of nitro groups is 1. The Morgan fingerprint density at radius 3 is 2.27 bits per heavy atom. The highest BCUT2D eigenvalue weighted by atomic mass is 16.6. The molecule has 26 heavy (non-hydrogen) atoms. The van der Waals surface area contributed by atoms with Crippen LogP contribution in [-0.2, 0) is 4.79 Å². The summed E-state index contributed by atoms with van der Waals surface area (Å²) in [6, 6.07) is 13.7. The maximum absolute atomic E-state index is 12.8. The quantitative estimate of drug-likeness (QED) is 0.608. The molecule has 7 heteroatoms. The van der Waals surface area contributed by atoms with Gasteiger partial charge in [0.15, 0.2) is 0 Å². The van der Waals surface area contributed by atoms with E-state index in [9.17, 15) is 19.7 Å². The predicted molar refractivity (Wildman–Crippen MR) is 99.0 cm³/mol. The molecule has 7 nitrogen and oxygen atoms in total. The van der Waals surface area contributed by atoms with Crippen LogP contribution in [-0.4, -0.2) is 34.2 Å². The van der Waals surface area contributed by atoms with Crippen molar-refractivity contribution in [2.24, 2.45) is 0 Å². The van der Waals surface area contributed by atoms with Gasteiger partial charge in [-0.05, 0) is 37.6 Å². The van der Waals surface area contributed by atoms with Gasteiger partial charge in [-0.25, -0.2) is 0 Å². The van der Waals surface area contributed by atoms with Crippen LogP contribution in [0.25, 0.3) is 0 Å². The first-order valence-electron chi connectivity index (χ1n) is 8.35. The van der Waals surface area contributed by atoms with Crippen LogP contribution in [0, 0.1) is 10.1 Å². The summed E-state index contributed by atoms with van der Waals surface area (Å²) in [6.07, 6.45) is 0.682. The van der Waals surface area contributed by atoms with Crippen LogP contribution in [0.1, 0.15) is 30.6 Å². The highest BCUT2D eigenvalue weighted by molar-refractivity contribution is 6.01. The molecular weight excluding hydrogens is 334 g/mol. The van der Waals surface area contributed by atoms with Crippen molar-refractivity contribution >= 4 is 23.2 Å². The predicted octanol–water partition coefficient (Wildman–Crippen LogP) is 3.47. The maximum atomic E-state index is 12.8. The van der Waals surface area contributed by atoms with E-state index in [1.54, 1.807) is 19.1 Å². The molecule has 2 aromatic carbocycles. The second kappa shape index (κ2) is 8.75. The highest BCUT2D eigenvalue weighted by Crippen LogP contribution is 2.16.